The van der Waals surface area contributed by atoms with Crippen molar-refractivity contribution in [1.82, 2.24) is 4.90 Å². The van der Waals surface area contributed by atoms with Crippen molar-refractivity contribution in [2.75, 3.05) is 5.32 Å². The molecule has 1 heterocycles. The summed E-state index contributed by atoms with van der Waals surface area (Å²) in [5.41, 5.74) is 1.19. The summed E-state index contributed by atoms with van der Waals surface area (Å²) in [6, 6.07) is 13.4. The highest BCUT2D eigenvalue weighted by atomic mass is 35.5. The molecule has 5 unspecified atom stereocenters. The van der Waals surface area contributed by atoms with Crippen molar-refractivity contribution in [3.63, 3.8) is 0 Å². The number of fused-ring (bicyclic) bond motifs is 1. The lowest BCUT2D eigenvalue weighted by atomic mass is 9.63. The predicted molar refractivity (Wildman–Crippen MR) is 123 cm³/mol. The number of amides is 3. The number of likely N-dealkylation sites (tertiary alicyclic amines) is 1. The molecule has 0 aromatic heterocycles. The van der Waals surface area contributed by atoms with E-state index in [-0.39, 0.29) is 47.8 Å². The Morgan fingerprint density at radius 2 is 1.59 bits per heavy atom. The standard InChI is InChI=1S/C25H22Cl2N2O3/c26-17-10-11-19(18(27)12-17)28-21(30)13-20(14-4-2-1-3-5-14)29-24(31)22-15-6-7-16(9-8-15)23(22)25(29)32/h1-7,10-12,15-16,20,22-23H,8-9,13H2,(H,28,30). The summed E-state index contributed by atoms with van der Waals surface area (Å²) in [6.07, 6.45) is 6.00. The molecular weight excluding hydrogens is 447 g/mol. The Morgan fingerprint density at radius 3 is 2.16 bits per heavy atom. The maximum atomic E-state index is 13.5. The molecule has 6 rings (SSSR count). The molecule has 7 heteroatoms. The molecule has 2 aromatic rings. The molecule has 1 N–H and O–H groups in total. The zero-order valence-corrected chi connectivity index (χ0v) is 18.7. The molecule has 3 amide bonds. The van der Waals surface area contributed by atoms with E-state index < -0.39 is 6.04 Å². The lowest BCUT2D eigenvalue weighted by Gasteiger charge is -2.38. The Labute approximate surface area is 196 Å². The van der Waals surface area contributed by atoms with Gasteiger partial charge in [0.25, 0.3) is 0 Å². The van der Waals surface area contributed by atoms with Gasteiger partial charge in [0.15, 0.2) is 0 Å². The van der Waals surface area contributed by atoms with E-state index in [9.17, 15) is 14.4 Å². The third kappa shape index (κ3) is 3.63. The highest BCUT2D eigenvalue weighted by Crippen LogP contribution is 2.51. The molecule has 2 aromatic carbocycles. The second-order valence-corrected chi connectivity index (χ2v) is 9.53. The minimum atomic E-state index is -0.674. The van der Waals surface area contributed by atoms with Gasteiger partial charge in [-0.3, -0.25) is 19.3 Å². The topological polar surface area (TPSA) is 66.5 Å². The van der Waals surface area contributed by atoms with Crippen LogP contribution in [0.15, 0.2) is 60.7 Å². The predicted octanol–water partition coefficient (Wildman–Crippen LogP) is 5.26. The monoisotopic (exact) mass is 468 g/mol. The van der Waals surface area contributed by atoms with Crippen LogP contribution >= 0.6 is 23.2 Å². The molecule has 2 fully saturated rings. The zero-order valence-electron chi connectivity index (χ0n) is 17.2. The van der Waals surface area contributed by atoms with Crippen LogP contribution in [0.5, 0.6) is 0 Å². The Morgan fingerprint density at radius 1 is 0.969 bits per heavy atom. The van der Waals surface area contributed by atoms with Crippen LogP contribution in [0.1, 0.15) is 30.9 Å². The highest BCUT2D eigenvalue weighted by Gasteiger charge is 2.58. The minimum absolute atomic E-state index is 0.0529. The molecule has 2 bridgehead atoms. The van der Waals surface area contributed by atoms with E-state index >= 15 is 0 Å². The Kier molecular flexibility index (Phi) is 5.56. The maximum absolute atomic E-state index is 13.5. The number of carbonyl (C=O) groups is 3. The molecule has 5 nitrogen and oxygen atoms in total. The molecule has 164 valence electrons. The fraction of sp³-hybridized carbons (Fsp3) is 0.320. The highest BCUT2D eigenvalue weighted by molar-refractivity contribution is 6.36. The number of allylic oxidation sites excluding steroid dienone is 2. The van der Waals surface area contributed by atoms with Crippen molar-refractivity contribution in [2.45, 2.75) is 25.3 Å². The molecule has 0 radical (unpaired) electrons. The SMILES string of the molecule is O=C(CC(c1ccccc1)N1C(=O)C2C3C=CC(CC3)C2C1=O)Nc1ccc(Cl)cc1Cl. The van der Waals surface area contributed by atoms with Crippen LogP contribution in [0, 0.1) is 23.7 Å². The third-order valence-electron chi connectivity index (χ3n) is 6.87. The van der Waals surface area contributed by atoms with E-state index in [1.54, 1.807) is 18.2 Å². The summed E-state index contributed by atoms with van der Waals surface area (Å²) in [6.45, 7) is 0. The van der Waals surface area contributed by atoms with E-state index in [1.807, 2.05) is 30.3 Å². The maximum Gasteiger partial charge on any atom is 0.234 e. The number of benzene rings is 2. The first-order valence-corrected chi connectivity index (χ1v) is 11.5. The van der Waals surface area contributed by atoms with Gasteiger partial charge in [-0.05, 0) is 48.4 Å². The summed E-state index contributed by atoms with van der Waals surface area (Å²) in [5, 5.41) is 3.58. The Hall–Kier alpha value is -2.63. The number of hydrogen-bond acceptors (Lipinski definition) is 3. The van der Waals surface area contributed by atoms with Gasteiger partial charge in [0.1, 0.15) is 0 Å². The van der Waals surface area contributed by atoms with Crippen LogP contribution in [-0.4, -0.2) is 22.6 Å². The molecule has 4 aliphatic rings. The Balaban J connectivity index is 1.44. The normalized spacial score (nSPS) is 26.9. The number of nitrogens with zero attached hydrogens (tertiary/aromatic N) is 1. The van der Waals surface area contributed by atoms with Gasteiger partial charge in [0, 0.05) is 5.02 Å². The van der Waals surface area contributed by atoms with Crippen molar-refractivity contribution in [3.05, 3.63) is 76.3 Å². The molecule has 5 atom stereocenters. The van der Waals surface area contributed by atoms with Gasteiger partial charge in [0.05, 0.1) is 35.0 Å². The van der Waals surface area contributed by atoms with Crippen molar-refractivity contribution >= 4 is 46.6 Å². The van der Waals surface area contributed by atoms with Crippen molar-refractivity contribution in [1.29, 1.82) is 0 Å². The van der Waals surface area contributed by atoms with Crippen LogP contribution in [0.25, 0.3) is 0 Å². The largest absolute Gasteiger partial charge is 0.325 e. The number of imide groups is 1. The zero-order chi connectivity index (χ0) is 22.4. The first-order valence-electron chi connectivity index (χ1n) is 10.8. The first kappa shape index (κ1) is 21.2. The fourth-order valence-electron chi connectivity index (χ4n) is 5.41. The second kappa shape index (κ2) is 8.38. The molecule has 1 saturated heterocycles. The number of hydrogen-bond donors (Lipinski definition) is 1. The minimum Gasteiger partial charge on any atom is -0.325 e. The van der Waals surface area contributed by atoms with Crippen LogP contribution in [0.3, 0.4) is 0 Å². The van der Waals surface area contributed by atoms with E-state index in [0.29, 0.717) is 15.7 Å². The summed E-state index contributed by atoms with van der Waals surface area (Å²) in [5.74, 6) is -1.08. The second-order valence-electron chi connectivity index (χ2n) is 8.69. The molecular formula is C25H22Cl2N2O3. The number of nitrogens with one attached hydrogen (secondary N) is 1. The van der Waals surface area contributed by atoms with Crippen molar-refractivity contribution in [2.24, 2.45) is 23.7 Å². The van der Waals surface area contributed by atoms with Gasteiger partial charge >= 0.3 is 0 Å². The number of carbonyl (C=O) groups excluding carboxylic acids is 3. The summed E-state index contributed by atoms with van der Waals surface area (Å²) >= 11 is 12.1. The molecule has 0 spiro atoms. The van der Waals surface area contributed by atoms with Gasteiger partial charge in [-0.2, -0.15) is 0 Å². The molecule has 3 aliphatic carbocycles. The number of rotatable bonds is 5. The van der Waals surface area contributed by atoms with Gasteiger partial charge in [-0.25, -0.2) is 0 Å². The van der Waals surface area contributed by atoms with Crippen molar-refractivity contribution in [3.8, 4) is 0 Å². The number of halogens is 2. The fourth-order valence-corrected chi connectivity index (χ4v) is 5.86. The Bertz CT molecular complexity index is 1090. The summed E-state index contributed by atoms with van der Waals surface area (Å²) < 4.78 is 0. The smallest absolute Gasteiger partial charge is 0.234 e. The molecule has 1 aliphatic heterocycles. The average molecular weight is 469 g/mol. The van der Waals surface area contributed by atoms with Crippen LogP contribution < -0.4 is 5.32 Å². The van der Waals surface area contributed by atoms with Crippen molar-refractivity contribution < 1.29 is 14.4 Å². The van der Waals surface area contributed by atoms with Gasteiger partial charge in [-0.15, -0.1) is 0 Å². The number of anilines is 1. The quantitative estimate of drug-likeness (QED) is 0.480. The van der Waals surface area contributed by atoms with E-state index in [2.05, 4.69) is 17.5 Å². The lowest BCUT2D eigenvalue weighted by Crippen LogP contribution is -2.38. The van der Waals surface area contributed by atoms with E-state index in [0.717, 1.165) is 18.4 Å². The van der Waals surface area contributed by atoms with Gasteiger partial charge in [-0.1, -0.05) is 65.7 Å². The van der Waals surface area contributed by atoms with Crippen LogP contribution in [0.2, 0.25) is 10.0 Å². The third-order valence-corrected chi connectivity index (χ3v) is 7.42. The van der Waals surface area contributed by atoms with Gasteiger partial charge in [0.2, 0.25) is 17.7 Å². The molecule has 32 heavy (non-hydrogen) atoms. The first-order chi connectivity index (χ1) is 15.4. The average Bonchev–Trinajstić information content (AvgIpc) is 3.08. The lowest BCUT2D eigenvalue weighted by molar-refractivity contribution is -0.143. The summed E-state index contributed by atoms with van der Waals surface area (Å²) in [4.78, 5) is 41.3. The van der Waals surface area contributed by atoms with E-state index in [1.165, 1.54) is 4.90 Å². The van der Waals surface area contributed by atoms with E-state index in [4.69, 9.17) is 23.2 Å². The summed E-state index contributed by atoms with van der Waals surface area (Å²) in [7, 11) is 0. The van der Waals surface area contributed by atoms with Crippen LogP contribution in [-0.2, 0) is 14.4 Å². The molecule has 1 saturated carbocycles. The van der Waals surface area contributed by atoms with Gasteiger partial charge < -0.3 is 5.32 Å². The van der Waals surface area contributed by atoms with Crippen LogP contribution in [0.4, 0.5) is 5.69 Å².